The number of thioether (sulfide) groups is 1. The van der Waals surface area contributed by atoms with Crippen molar-refractivity contribution in [3.63, 3.8) is 0 Å². The number of methoxy groups -OCH3 is 1. The van der Waals surface area contributed by atoms with Crippen molar-refractivity contribution in [1.82, 2.24) is 14.8 Å². The molecule has 0 bridgehead atoms. The molecule has 0 N–H and O–H groups in total. The number of hydrogen-bond donors (Lipinski definition) is 0. The number of hydrogen-bond acceptors (Lipinski definition) is 5. The van der Waals surface area contributed by atoms with Gasteiger partial charge >= 0.3 is 0 Å². The highest BCUT2D eigenvalue weighted by Gasteiger charge is 2.18. The first-order valence-corrected chi connectivity index (χ1v) is 7.60. The van der Waals surface area contributed by atoms with Gasteiger partial charge in [-0.2, -0.15) is 5.26 Å². The van der Waals surface area contributed by atoms with E-state index in [4.69, 9.17) is 10.00 Å². The summed E-state index contributed by atoms with van der Waals surface area (Å²) in [6, 6.07) is 10.2. The highest BCUT2D eigenvalue weighted by atomic mass is 32.2. The highest BCUT2D eigenvalue weighted by Crippen LogP contribution is 2.30. The molecule has 1 atom stereocenters. The van der Waals surface area contributed by atoms with E-state index in [0.717, 1.165) is 22.3 Å². The summed E-state index contributed by atoms with van der Waals surface area (Å²) < 4.78 is 7.23. The standard InChI is InChI=1S/C15H18N4OS/c1-10(2)19-14(12-5-7-13(20-4)8-6-12)17-18-15(19)21-11(3)9-16/h5-8,10-11H,1-4H3/t11-/m0/s1. The van der Waals surface area contributed by atoms with E-state index in [-0.39, 0.29) is 11.3 Å². The average molecular weight is 302 g/mol. The molecular formula is C15H18N4OS. The van der Waals surface area contributed by atoms with Crippen LogP contribution in [0, 0.1) is 11.3 Å². The minimum atomic E-state index is -0.157. The maximum absolute atomic E-state index is 8.96. The van der Waals surface area contributed by atoms with E-state index in [1.54, 1.807) is 7.11 Å². The van der Waals surface area contributed by atoms with Gasteiger partial charge in [-0.05, 0) is 45.0 Å². The molecule has 0 aliphatic heterocycles. The minimum Gasteiger partial charge on any atom is -0.497 e. The summed E-state index contributed by atoms with van der Waals surface area (Å²) in [4.78, 5) is 0. The zero-order chi connectivity index (χ0) is 15.4. The molecule has 1 aromatic heterocycles. The fourth-order valence-corrected chi connectivity index (χ4v) is 2.81. The Morgan fingerprint density at radius 2 is 1.86 bits per heavy atom. The summed E-state index contributed by atoms with van der Waals surface area (Å²) in [6.07, 6.45) is 0. The molecule has 1 aromatic carbocycles. The Labute approximate surface area is 128 Å². The van der Waals surface area contributed by atoms with Crippen molar-refractivity contribution in [3.05, 3.63) is 24.3 Å². The zero-order valence-electron chi connectivity index (χ0n) is 12.6. The van der Waals surface area contributed by atoms with Crippen molar-refractivity contribution < 1.29 is 4.74 Å². The summed E-state index contributed by atoms with van der Waals surface area (Å²) in [5, 5.41) is 18.1. The van der Waals surface area contributed by atoms with Gasteiger partial charge < -0.3 is 4.74 Å². The Hall–Kier alpha value is -2.00. The van der Waals surface area contributed by atoms with Crippen LogP contribution in [0.5, 0.6) is 5.75 Å². The third kappa shape index (κ3) is 3.37. The van der Waals surface area contributed by atoms with Gasteiger partial charge in [-0.15, -0.1) is 10.2 Å². The summed E-state index contributed by atoms with van der Waals surface area (Å²) >= 11 is 1.43. The van der Waals surface area contributed by atoms with Crippen molar-refractivity contribution in [2.24, 2.45) is 0 Å². The molecule has 0 saturated heterocycles. The third-order valence-electron chi connectivity index (χ3n) is 2.99. The van der Waals surface area contributed by atoms with Gasteiger partial charge in [0, 0.05) is 11.6 Å². The molecule has 0 radical (unpaired) electrons. The third-order valence-corrected chi connectivity index (χ3v) is 3.94. The second-order valence-corrected chi connectivity index (χ2v) is 6.20. The van der Waals surface area contributed by atoms with Gasteiger partial charge in [0.25, 0.3) is 0 Å². The van der Waals surface area contributed by atoms with Crippen LogP contribution in [0.4, 0.5) is 0 Å². The van der Waals surface area contributed by atoms with Crippen molar-refractivity contribution in [3.8, 4) is 23.2 Å². The number of rotatable bonds is 5. The van der Waals surface area contributed by atoms with Crippen molar-refractivity contribution in [1.29, 1.82) is 5.26 Å². The second kappa shape index (κ2) is 6.64. The van der Waals surface area contributed by atoms with Crippen LogP contribution in [-0.2, 0) is 0 Å². The predicted octanol–water partition coefficient (Wildman–Crippen LogP) is 3.54. The van der Waals surface area contributed by atoms with Crippen molar-refractivity contribution >= 4 is 11.8 Å². The number of ether oxygens (including phenoxy) is 1. The van der Waals surface area contributed by atoms with Crippen LogP contribution in [0.15, 0.2) is 29.4 Å². The van der Waals surface area contributed by atoms with Crippen molar-refractivity contribution in [2.45, 2.75) is 37.2 Å². The van der Waals surface area contributed by atoms with Gasteiger partial charge in [0.2, 0.25) is 0 Å². The molecule has 0 unspecified atom stereocenters. The molecule has 0 spiro atoms. The fourth-order valence-electron chi connectivity index (χ4n) is 1.94. The number of nitrogens with zero attached hydrogens (tertiary/aromatic N) is 4. The SMILES string of the molecule is COc1ccc(-c2nnc(S[C@@H](C)C#N)n2C(C)C)cc1. The molecule has 2 rings (SSSR count). The summed E-state index contributed by atoms with van der Waals surface area (Å²) in [6.45, 7) is 6.02. The summed E-state index contributed by atoms with van der Waals surface area (Å²) in [5.41, 5.74) is 0.980. The normalized spacial score (nSPS) is 12.2. The van der Waals surface area contributed by atoms with Crippen LogP contribution in [-0.4, -0.2) is 27.1 Å². The maximum atomic E-state index is 8.96. The van der Waals surface area contributed by atoms with Gasteiger partial charge in [-0.25, -0.2) is 0 Å². The lowest BCUT2D eigenvalue weighted by molar-refractivity contribution is 0.415. The number of nitriles is 1. The average Bonchev–Trinajstić information content (AvgIpc) is 2.91. The second-order valence-electron chi connectivity index (χ2n) is 4.89. The summed E-state index contributed by atoms with van der Waals surface area (Å²) in [7, 11) is 1.64. The lowest BCUT2D eigenvalue weighted by Crippen LogP contribution is -2.06. The molecule has 5 nitrogen and oxygen atoms in total. The first-order valence-electron chi connectivity index (χ1n) is 6.72. The molecule has 21 heavy (non-hydrogen) atoms. The quantitative estimate of drug-likeness (QED) is 0.790. The largest absolute Gasteiger partial charge is 0.497 e. The Morgan fingerprint density at radius 3 is 2.38 bits per heavy atom. The highest BCUT2D eigenvalue weighted by molar-refractivity contribution is 8.00. The first-order chi connectivity index (χ1) is 10.1. The molecule has 0 aliphatic rings. The smallest absolute Gasteiger partial charge is 0.193 e. The molecule has 0 amide bonds. The van der Waals surface area contributed by atoms with E-state index in [1.165, 1.54) is 11.8 Å². The first kappa shape index (κ1) is 15.4. The molecular weight excluding hydrogens is 284 g/mol. The van der Waals surface area contributed by atoms with Crippen LogP contribution >= 0.6 is 11.8 Å². The topological polar surface area (TPSA) is 63.7 Å². The maximum Gasteiger partial charge on any atom is 0.193 e. The fraction of sp³-hybridized carbons (Fsp3) is 0.400. The lowest BCUT2D eigenvalue weighted by Gasteiger charge is -2.14. The van der Waals surface area contributed by atoms with Gasteiger partial charge in [0.1, 0.15) is 5.75 Å². The van der Waals surface area contributed by atoms with Crippen LogP contribution in [0.3, 0.4) is 0 Å². The summed E-state index contributed by atoms with van der Waals surface area (Å²) in [5.74, 6) is 1.61. The number of aromatic nitrogens is 3. The Balaban J connectivity index is 2.41. The molecule has 110 valence electrons. The van der Waals surface area contributed by atoms with E-state index in [1.807, 2.05) is 31.2 Å². The van der Waals surface area contributed by atoms with E-state index >= 15 is 0 Å². The van der Waals surface area contributed by atoms with E-state index in [9.17, 15) is 0 Å². The van der Waals surface area contributed by atoms with Gasteiger partial charge in [-0.3, -0.25) is 4.57 Å². The predicted molar refractivity (Wildman–Crippen MR) is 83.3 cm³/mol. The van der Waals surface area contributed by atoms with E-state index < -0.39 is 0 Å². The molecule has 6 heteroatoms. The Morgan fingerprint density at radius 1 is 1.19 bits per heavy atom. The van der Waals surface area contributed by atoms with Crippen LogP contribution in [0.25, 0.3) is 11.4 Å². The molecule has 1 heterocycles. The molecule has 0 saturated carbocycles. The van der Waals surface area contributed by atoms with Gasteiger partial charge in [0.15, 0.2) is 11.0 Å². The minimum absolute atomic E-state index is 0.157. The molecule has 0 aliphatic carbocycles. The van der Waals surface area contributed by atoms with E-state index in [0.29, 0.717) is 0 Å². The van der Waals surface area contributed by atoms with Crippen LogP contribution < -0.4 is 4.74 Å². The van der Waals surface area contributed by atoms with Gasteiger partial charge in [0.05, 0.1) is 18.4 Å². The van der Waals surface area contributed by atoms with Crippen LogP contribution in [0.1, 0.15) is 26.8 Å². The lowest BCUT2D eigenvalue weighted by atomic mass is 10.2. The monoisotopic (exact) mass is 302 g/mol. The zero-order valence-corrected chi connectivity index (χ0v) is 13.4. The van der Waals surface area contributed by atoms with E-state index in [2.05, 4.69) is 34.7 Å². The Bertz CT molecular complexity index is 643. The van der Waals surface area contributed by atoms with Crippen molar-refractivity contribution in [2.75, 3.05) is 7.11 Å². The number of benzene rings is 1. The van der Waals surface area contributed by atoms with Gasteiger partial charge in [-0.1, -0.05) is 11.8 Å². The van der Waals surface area contributed by atoms with Crippen LogP contribution in [0.2, 0.25) is 0 Å². The molecule has 2 aromatic rings. The molecule has 0 fully saturated rings. The Kier molecular flexibility index (Phi) is 4.86.